The average molecular weight is 537 g/mol. The summed E-state index contributed by atoms with van der Waals surface area (Å²) in [6, 6.07) is 8.74. The van der Waals surface area contributed by atoms with E-state index < -0.39 is 41.8 Å². The maximum atomic E-state index is 13.8. The van der Waals surface area contributed by atoms with Crippen molar-refractivity contribution in [1.29, 1.82) is 0 Å². The molecule has 8 nitrogen and oxygen atoms in total. The number of nitrogens with one attached hydrogen (secondary N) is 1. The molecule has 0 aromatic heterocycles. The van der Waals surface area contributed by atoms with Gasteiger partial charge in [-0.25, -0.2) is 0 Å². The number of alkyl halides is 6. The monoisotopic (exact) mass is 537 g/mol. The van der Waals surface area contributed by atoms with E-state index in [0.29, 0.717) is 23.7 Å². The van der Waals surface area contributed by atoms with Gasteiger partial charge in [-0.1, -0.05) is 11.2 Å². The summed E-state index contributed by atoms with van der Waals surface area (Å²) < 4.78 is 98.3. The van der Waals surface area contributed by atoms with E-state index in [4.69, 9.17) is 19.9 Å². The maximum absolute atomic E-state index is 13.8. The van der Waals surface area contributed by atoms with Crippen LogP contribution < -0.4 is 25.3 Å². The number of oxime groups is 1. The van der Waals surface area contributed by atoms with Gasteiger partial charge in [-0.2, -0.15) is 26.3 Å². The van der Waals surface area contributed by atoms with Crippen LogP contribution >= 0.6 is 0 Å². The van der Waals surface area contributed by atoms with Crippen molar-refractivity contribution < 1.29 is 50.2 Å². The number of benzene rings is 2. The third-order valence-corrected chi connectivity index (χ3v) is 4.73. The molecule has 2 rings (SSSR count). The van der Waals surface area contributed by atoms with Crippen molar-refractivity contribution in [3.63, 3.8) is 0 Å². The molecule has 0 aliphatic heterocycles. The number of halogens is 6. The second-order valence-corrected chi connectivity index (χ2v) is 7.36. The van der Waals surface area contributed by atoms with Gasteiger partial charge >= 0.3 is 18.1 Å². The van der Waals surface area contributed by atoms with Crippen molar-refractivity contribution in [2.24, 2.45) is 10.9 Å². The van der Waals surface area contributed by atoms with Crippen LogP contribution in [0.2, 0.25) is 0 Å². The van der Waals surface area contributed by atoms with Crippen molar-refractivity contribution in [2.75, 3.05) is 20.3 Å². The van der Waals surface area contributed by atoms with Gasteiger partial charge in [0.2, 0.25) is 0 Å². The highest BCUT2D eigenvalue weighted by Crippen LogP contribution is 2.44. The molecule has 0 saturated heterocycles. The van der Waals surface area contributed by atoms with Crippen LogP contribution in [0, 0.1) is 0 Å². The van der Waals surface area contributed by atoms with Crippen LogP contribution in [0.25, 0.3) is 0 Å². The lowest BCUT2D eigenvalue weighted by Crippen LogP contribution is -2.68. The Morgan fingerprint density at radius 3 is 2.00 bits per heavy atom. The molecule has 37 heavy (non-hydrogen) atoms. The standard InChI is InChI=1S/C23H25F6N3O5/c1-4-35-17-11-6-14(12-18(17)36-5-2)13-19(30)32-37-21(22(24,25)26,23(27,28)29)31-20(33)15-7-9-16(34-3)10-8-15/h6-12H,4-5,13H2,1-3H3,(H2,30,32)(H,31,33). The number of amides is 1. The first-order chi connectivity index (χ1) is 17.3. The summed E-state index contributed by atoms with van der Waals surface area (Å²) in [7, 11) is 1.29. The Morgan fingerprint density at radius 2 is 1.49 bits per heavy atom. The SMILES string of the molecule is CCOc1ccc(CC(N)=NOC(NC(=O)c2ccc(OC)cc2)(C(F)(F)F)C(F)(F)F)cc1OCC. The average Bonchev–Trinajstić information content (AvgIpc) is 2.82. The van der Waals surface area contributed by atoms with Gasteiger partial charge in [0, 0.05) is 12.0 Å². The molecule has 3 N–H and O–H groups in total. The zero-order valence-corrected chi connectivity index (χ0v) is 20.0. The van der Waals surface area contributed by atoms with Crippen LogP contribution in [-0.2, 0) is 11.3 Å². The summed E-state index contributed by atoms with van der Waals surface area (Å²) in [5.41, 5.74) is 0.222. The molecule has 0 aliphatic rings. The maximum Gasteiger partial charge on any atom is 0.461 e. The smallest absolute Gasteiger partial charge is 0.461 e. The van der Waals surface area contributed by atoms with Gasteiger partial charge in [0.15, 0.2) is 11.5 Å². The Hall–Kier alpha value is -3.84. The molecule has 1 amide bonds. The molecule has 0 unspecified atom stereocenters. The van der Waals surface area contributed by atoms with Crippen LogP contribution in [0.1, 0.15) is 29.8 Å². The summed E-state index contributed by atoms with van der Waals surface area (Å²) in [4.78, 5) is 16.3. The minimum absolute atomic E-state index is 0.227. The van der Waals surface area contributed by atoms with Crippen LogP contribution in [0.5, 0.6) is 17.2 Å². The van der Waals surface area contributed by atoms with Gasteiger partial charge < -0.3 is 24.8 Å². The van der Waals surface area contributed by atoms with Crippen molar-refractivity contribution in [2.45, 2.75) is 38.3 Å². The normalized spacial score (nSPS) is 12.6. The number of nitrogens with zero attached hydrogens (tertiary/aromatic N) is 1. The predicted octanol–water partition coefficient (Wildman–Crippen LogP) is 4.57. The first-order valence-corrected chi connectivity index (χ1v) is 10.8. The fraction of sp³-hybridized carbons (Fsp3) is 0.391. The first kappa shape index (κ1) is 29.4. The molecule has 0 bridgehead atoms. The zero-order valence-electron chi connectivity index (χ0n) is 20.0. The van der Waals surface area contributed by atoms with E-state index >= 15 is 0 Å². The summed E-state index contributed by atoms with van der Waals surface area (Å²) in [5.74, 6) is -1.55. The largest absolute Gasteiger partial charge is 0.497 e. The molecule has 0 radical (unpaired) electrons. The summed E-state index contributed by atoms with van der Waals surface area (Å²) >= 11 is 0. The highest BCUT2D eigenvalue weighted by molar-refractivity contribution is 5.94. The molecule has 204 valence electrons. The molecule has 0 saturated carbocycles. The quantitative estimate of drug-likeness (QED) is 0.143. The lowest BCUT2D eigenvalue weighted by Gasteiger charge is -2.34. The van der Waals surface area contributed by atoms with Crippen molar-refractivity contribution in [3.05, 3.63) is 53.6 Å². The lowest BCUT2D eigenvalue weighted by atomic mass is 10.1. The number of hydrogen-bond donors (Lipinski definition) is 2. The third-order valence-electron chi connectivity index (χ3n) is 4.73. The molecule has 2 aromatic rings. The van der Waals surface area contributed by atoms with Gasteiger partial charge in [0.05, 0.1) is 20.3 Å². The lowest BCUT2D eigenvalue weighted by molar-refractivity contribution is -0.388. The van der Waals surface area contributed by atoms with E-state index in [2.05, 4.69) is 9.99 Å². The summed E-state index contributed by atoms with van der Waals surface area (Å²) in [6.45, 7) is 4.05. The molecular formula is C23H25F6N3O5. The molecule has 2 aromatic carbocycles. The molecule has 14 heteroatoms. The third kappa shape index (κ3) is 7.11. The number of amidine groups is 1. The number of rotatable bonds is 11. The number of nitrogens with two attached hydrogens (primary N) is 1. The van der Waals surface area contributed by atoms with E-state index in [0.717, 1.165) is 17.4 Å². The molecule has 0 aliphatic carbocycles. The minimum atomic E-state index is -6.17. The van der Waals surface area contributed by atoms with Crippen LogP contribution in [0.15, 0.2) is 47.6 Å². The van der Waals surface area contributed by atoms with E-state index in [-0.39, 0.29) is 12.4 Å². The molecule has 0 fully saturated rings. The van der Waals surface area contributed by atoms with Gasteiger partial charge in [0.25, 0.3) is 5.91 Å². The summed E-state index contributed by atoms with van der Waals surface area (Å²) in [5, 5.41) is 3.76. The van der Waals surface area contributed by atoms with Gasteiger partial charge in [-0.05, 0) is 55.8 Å². The Labute approximate surface area is 208 Å². The van der Waals surface area contributed by atoms with E-state index in [1.165, 1.54) is 37.4 Å². The summed E-state index contributed by atoms with van der Waals surface area (Å²) in [6.07, 6.45) is -12.7. The highest BCUT2D eigenvalue weighted by Gasteiger charge is 2.76. The second kappa shape index (κ2) is 11.9. The second-order valence-electron chi connectivity index (χ2n) is 7.36. The highest BCUT2D eigenvalue weighted by atomic mass is 19.4. The molecule has 0 heterocycles. The van der Waals surface area contributed by atoms with Gasteiger partial charge in [-0.3, -0.25) is 10.1 Å². The fourth-order valence-electron chi connectivity index (χ4n) is 2.98. The topological polar surface area (TPSA) is 104 Å². The van der Waals surface area contributed by atoms with Crippen LogP contribution in [0.4, 0.5) is 26.3 Å². The van der Waals surface area contributed by atoms with Crippen molar-refractivity contribution in [1.82, 2.24) is 5.32 Å². The van der Waals surface area contributed by atoms with Gasteiger partial charge in [0.1, 0.15) is 11.6 Å². The van der Waals surface area contributed by atoms with E-state index in [9.17, 15) is 31.1 Å². The Balaban J connectivity index is 2.36. The first-order valence-electron chi connectivity index (χ1n) is 10.8. The van der Waals surface area contributed by atoms with Crippen molar-refractivity contribution >= 4 is 11.7 Å². The van der Waals surface area contributed by atoms with Crippen LogP contribution in [0.3, 0.4) is 0 Å². The zero-order chi connectivity index (χ0) is 27.9. The van der Waals surface area contributed by atoms with Crippen LogP contribution in [-0.4, -0.2) is 50.1 Å². The van der Waals surface area contributed by atoms with Crippen molar-refractivity contribution in [3.8, 4) is 17.2 Å². The van der Waals surface area contributed by atoms with Gasteiger partial charge in [-0.15, -0.1) is 0 Å². The molecule has 0 atom stereocenters. The Morgan fingerprint density at radius 1 is 0.919 bits per heavy atom. The van der Waals surface area contributed by atoms with E-state index in [1.807, 2.05) is 0 Å². The fourth-order valence-corrected chi connectivity index (χ4v) is 2.98. The number of methoxy groups -OCH3 is 1. The Kier molecular flexibility index (Phi) is 9.48. The Bertz CT molecular complexity index is 1070. The number of carbonyl (C=O) groups is 1. The predicted molar refractivity (Wildman–Crippen MR) is 120 cm³/mol. The number of carbonyl (C=O) groups excluding carboxylic acids is 1. The number of hydrogen-bond acceptors (Lipinski definition) is 6. The molecule has 0 spiro atoms. The van der Waals surface area contributed by atoms with E-state index in [1.54, 1.807) is 13.8 Å². The molecular weight excluding hydrogens is 512 g/mol. The minimum Gasteiger partial charge on any atom is -0.497 e. The number of ether oxygens (including phenoxy) is 3.